The van der Waals surface area contributed by atoms with Gasteiger partial charge in [0.1, 0.15) is 0 Å². The number of rotatable bonds is 4. The van der Waals surface area contributed by atoms with Crippen LogP contribution in [0.1, 0.15) is 133 Å². The minimum absolute atomic E-state index is 0.326. The molecule has 0 radical (unpaired) electrons. The number of pyridine rings is 2. The fraction of sp³-hybridized carbons (Fsp3) is 0.424. The molecule has 2 spiro atoms. The van der Waals surface area contributed by atoms with Crippen molar-refractivity contribution in [2.75, 3.05) is 0 Å². The van der Waals surface area contributed by atoms with E-state index in [4.69, 9.17) is 9.31 Å². The predicted molar refractivity (Wildman–Crippen MR) is 267 cm³/mol. The van der Waals surface area contributed by atoms with Crippen LogP contribution in [0.5, 0.6) is 0 Å². The molecule has 11 rings (SSSR count). The molecule has 1 saturated heterocycles. The Morgan fingerprint density at radius 3 is 1.48 bits per heavy atom. The molecule has 2 saturated carbocycles. The van der Waals surface area contributed by atoms with Crippen LogP contribution in [0.15, 0.2) is 134 Å². The van der Waals surface area contributed by atoms with Crippen molar-refractivity contribution in [1.29, 1.82) is 0 Å². The van der Waals surface area contributed by atoms with Crippen molar-refractivity contribution in [2.24, 2.45) is 10.8 Å². The minimum Gasteiger partial charge on any atom is -0.399 e. The number of hydrogen-bond donors (Lipinski definition) is 0. The molecule has 330 valence electrons. The first-order chi connectivity index (χ1) is 31.0. The molecule has 4 aromatic carbocycles. The van der Waals surface area contributed by atoms with Gasteiger partial charge < -0.3 is 9.31 Å². The maximum Gasteiger partial charge on any atom is 0.494 e. The Labute approximate surface area is 384 Å². The van der Waals surface area contributed by atoms with Gasteiger partial charge in [0.25, 0.3) is 0 Å². The van der Waals surface area contributed by atoms with E-state index in [0.717, 1.165) is 22.4 Å². The molecule has 2 aromatic heterocycles. The smallest absolute Gasteiger partial charge is 0.399 e. The molecule has 0 unspecified atom stereocenters. The largest absolute Gasteiger partial charge is 0.494 e. The standard InChI is InChI=1S/C26H27N.C17H20BNO2.C16H22/c1-3-7-20(8-4-1)25-18-23(12-16-27-25)21-9-10-24-19-26(13-5-2-6-14-26)15-11-22(24)17-21;1-16(2)17(3,4)21-18(20-16)14-10-11-19-15(12-14)13-8-6-5-7-9-13;1-13-5-6-15-12-16(8-3-2-4-9-16)10-7-14(15)11-13/h1,3-4,7-10,12,16-18H,2,5-6,11,13-15,19H2;5-12H,1-4H3;5-6,11H,2-4,7-10,12H2,1H3. The summed E-state index contributed by atoms with van der Waals surface area (Å²) in [7, 11) is -0.347. The highest BCUT2D eigenvalue weighted by Gasteiger charge is 2.51. The number of aryl methyl sites for hydroxylation is 3. The summed E-state index contributed by atoms with van der Waals surface area (Å²) in [6.07, 6.45) is 26.4. The first-order valence-corrected chi connectivity index (χ1v) is 24.6. The third-order valence-corrected chi connectivity index (χ3v) is 15.9. The first-order valence-electron chi connectivity index (χ1n) is 24.6. The fourth-order valence-corrected chi connectivity index (χ4v) is 11.3. The summed E-state index contributed by atoms with van der Waals surface area (Å²) in [5.41, 5.74) is 16.4. The number of nitrogens with zero attached hydrogens (tertiary/aromatic N) is 2. The first kappa shape index (κ1) is 44.4. The van der Waals surface area contributed by atoms with Crippen LogP contribution in [0.3, 0.4) is 0 Å². The molecular weight excluding hydrogens is 779 g/mol. The van der Waals surface area contributed by atoms with Crippen molar-refractivity contribution in [3.63, 3.8) is 0 Å². The molecule has 1 aliphatic heterocycles. The Morgan fingerprint density at radius 1 is 0.438 bits per heavy atom. The molecule has 5 heteroatoms. The zero-order valence-corrected chi connectivity index (χ0v) is 39.3. The van der Waals surface area contributed by atoms with Crippen LogP contribution in [0.25, 0.3) is 33.6 Å². The number of aromatic nitrogens is 2. The van der Waals surface area contributed by atoms with Crippen LogP contribution in [0, 0.1) is 17.8 Å². The molecule has 0 bridgehead atoms. The second kappa shape index (κ2) is 18.9. The second-order valence-corrected chi connectivity index (χ2v) is 21.0. The summed E-state index contributed by atoms with van der Waals surface area (Å²) in [6.45, 7) is 10.5. The van der Waals surface area contributed by atoms with E-state index in [1.54, 1.807) is 22.3 Å². The monoisotopic (exact) mass is 849 g/mol. The zero-order chi connectivity index (χ0) is 44.2. The molecule has 4 aliphatic carbocycles. The van der Waals surface area contributed by atoms with E-state index < -0.39 is 0 Å². The lowest BCUT2D eigenvalue weighted by molar-refractivity contribution is 0.00578. The Balaban J connectivity index is 0.000000126. The molecule has 0 N–H and O–H groups in total. The summed E-state index contributed by atoms with van der Waals surface area (Å²) < 4.78 is 12.2. The topological polar surface area (TPSA) is 44.2 Å². The van der Waals surface area contributed by atoms with Gasteiger partial charge >= 0.3 is 7.12 Å². The summed E-state index contributed by atoms with van der Waals surface area (Å²) in [5.74, 6) is 0. The SMILES string of the molecule is CC1(C)OB(c2ccnc(-c3ccccc3)c2)OC1(C)C.Cc1ccc2c(c1)CCC1(CCCCC1)C2.c1ccc(-c2cc(-c3ccc4c(c3)CCC3(CCCCC3)C4)ccn2)cc1. The van der Waals surface area contributed by atoms with E-state index in [1.165, 1.54) is 125 Å². The highest BCUT2D eigenvalue weighted by molar-refractivity contribution is 6.62. The average Bonchev–Trinajstić information content (AvgIpc) is 3.56. The molecule has 4 nitrogen and oxygen atoms in total. The van der Waals surface area contributed by atoms with Gasteiger partial charge in [0.05, 0.1) is 22.6 Å². The third kappa shape index (κ3) is 10.0. The van der Waals surface area contributed by atoms with Gasteiger partial charge in [-0.3, -0.25) is 9.97 Å². The number of benzene rings is 4. The molecule has 6 aromatic rings. The second-order valence-electron chi connectivity index (χ2n) is 21.0. The Kier molecular flexibility index (Phi) is 13.1. The van der Waals surface area contributed by atoms with E-state index >= 15 is 0 Å². The van der Waals surface area contributed by atoms with Crippen molar-refractivity contribution in [3.05, 3.63) is 162 Å². The summed E-state index contributed by atoms with van der Waals surface area (Å²) in [4.78, 5) is 9.02. The summed E-state index contributed by atoms with van der Waals surface area (Å²) in [6, 6.07) is 43.2. The molecule has 64 heavy (non-hydrogen) atoms. The van der Waals surface area contributed by atoms with Crippen LogP contribution in [-0.2, 0) is 35.0 Å². The molecule has 3 fully saturated rings. The van der Waals surface area contributed by atoms with Crippen molar-refractivity contribution < 1.29 is 9.31 Å². The van der Waals surface area contributed by atoms with Gasteiger partial charge in [0.15, 0.2) is 0 Å². The van der Waals surface area contributed by atoms with Crippen molar-refractivity contribution in [2.45, 2.75) is 149 Å². The number of fused-ring (bicyclic) bond motifs is 2. The highest BCUT2D eigenvalue weighted by atomic mass is 16.7. The molecule has 0 atom stereocenters. The van der Waals surface area contributed by atoms with Crippen molar-refractivity contribution in [1.82, 2.24) is 9.97 Å². The van der Waals surface area contributed by atoms with Crippen LogP contribution in [0.4, 0.5) is 0 Å². The average molecular weight is 849 g/mol. The van der Waals surface area contributed by atoms with Gasteiger partial charge in [-0.25, -0.2) is 0 Å². The normalized spacial score (nSPS) is 19.9. The minimum atomic E-state index is -0.347. The Hall–Kier alpha value is -4.84. The van der Waals surface area contributed by atoms with E-state index in [2.05, 4.69) is 136 Å². The number of hydrogen-bond acceptors (Lipinski definition) is 4. The fourth-order valence-electron chi connectivity index (χ4n) is 11.3. The van der Waals surface area contributed by atoms with Gasteiger partial charge in [-0.15, -0.1) is 0 Å². The maximum absolute atomic E-state index is 6.09. The van der Waals surface area contributed by atoms with Gasteiger partial charge in [0.2, 0.25) is 0 Å². The Morgan fingerprint density at radius 2 is 0.922 bits per heavy atom. The van der Waals surface area contributed by atoms with E-state index in [1.807, 2.05) is 42.7 Å². The predicted octanol–water partition coefficient (Wildman–Crippen LogP) is 14.3. The third-order valence-electron chi connectivity index (χ3n) is 15.9. The van der Waals surface area contributed by atoms with Gasteiger partial charge in [-0.1, -0.05) is 141 Å². The van der Waals surface area contributed by atoms with E-state index in [-0.39, 0.29) is 18.3 Å². The quantitative estimate of drug-likeness (QED) is 0.166. The lowest BCUT2D eigenvalue weighted by Gasteiger charge is -2.41. The van der Waals surface area contributed by atoms with E-state index in [0.29, 0.717) is 10.8 Å². The lowest BCUT2D eigenvalue weighted by Crippen LogP contribution is -2.41. The van der Waals surface area contributed by atoms with Gasteiger partial charge in [-0.2, -0.15) is 0 Å². The molecule has 3 heterocycles. The van der Waals surface area contributed by atoms with Crippen LogP contribution >= 0.6 is 0 Å². The van der Waals surface area contributed by atoms with Crippen LogP contribution in [0.2, 0.25) is 0 Å². The molecular formula is C59H69BN2O2. The van der Waals surface area contributed by atoms with Gasteiger partial charge in [0, 0.05) is 23.5 Å². The summed E-state index contributed by atoms with van der Waals surface area (Å²) >= 11 is 0. The van der Waals surface area contributed by atoms with Gasteiger partial charge in [-0.05, 0) is 173 Å². The highest BCUT2D eigenvalue weighted by Crippen LogP contribution is 2.48. The summed E-state index contributed by atoms with van der Waals surface area (Å²) in [5, 5.41) is 0. The lowest BCUT2D eigenvalue weighted by atomic mass is 9.64. The molecule has 0 amide bonds. The Bertz CT molecular complexity index is 2480. The maximum atomic E-state index is 6.09. The molecule has 5 aliphatic rings. The van der Waals surface area contributed by atoms with Crippen molar-refractivity contribution in [3.8, 4) is 33.6 Å². The van der Waals surface area contributed by atoms with Crippen LogP contribution < -0.4 is 5.46 Å². The zero-order valence-electron chi connectivity index (χ0n) is 39.3. The van der Waals surface area contributed by atoms with E-state index in [9.17, 15) is 0 Å². The van der Waals surface area contributed by atoms with Crippen molar-refractivity contribution >= 4 is 12.6 Å². The van der Waals surface area contributed by atoms with Crippen LogP contribution in [-0.4, -0.2) is 28.3 Å².